The number of nitrogens with one attached hydrogen (secondary N) is 2. The molecule has 3 aromatic carbocycles. The largest absolute Gasteiger partial charge is 0.407 e. The summed E-state index contributed by atoms with van der Waals surface area (Å²) in [7, 11) is 0. The minimum atomic E-state index is -5.70. The van der Waals surface area contributed by atoms with Crippen LogP contribution in [-0.2, 0) is 5.41 Å². The maximum Gasteiger partial charge on any atom is 0.407 e. The Balaban J connectivity index is 1.75. The molecule has 6 N–H and O–H groups in total. The molecule has 0 amide bonds. The number of rotatable bonds is 6. The van der Waals surface area contributed by atoms with Crippen molar-refractivity contribution in [2.24, 2.45) is 11.7 Å². The minimum Gasteiger partial charge on any atom is -0.400 e. The summed E-state index contributed by atoms with van der Waals surface area (Å²) in [6, 6.07) is 19.9. The van der Waals surface area contributed by atoms with Crippen LogP contribution in [0.25, 0.3) is 0 Å². The van der Waals surface area contributed by atoms with Crippen molar-refractivity contribution in [2.45, 2.75) is 24.2 Å². The monoisotopic (exact) mass is 518 g/mol. The highest BCUT2D eigenvalue weighted by atomic mass is 19.4. The van der Waals surface area contributed by atoms with Gasteiger partial charge in [-0.2, -0.15) is 26.3 Å². The summed E-state index contributed by atoms with van der Waals surface area (Å²) in [6.07, 6.45) is -10.0. The van der Waals surface area contributed by atoms with Crippen LogP contribution in [0.5, 0.6) is 0 Å². The second-order valence-electron chi connectivity index (χ2n) is 8.70. The van der Waals surface area contributed by atoms with Crippen LogP contribution in [0.2, 0.25) is 0 Å². The summed E-state index contributed by atoms with van der Waals surface area (Å²) in [5, 5.41) is 5.84. The molecule has 1 atom stereocenters. The van der Waals surface area contributed by atoms with E-state index in [2.05, 4.69) is 10.6 Å². The number of alkyl halides is 6. The average molecular weight is 519 g/mol. The van der Waals surface area contributed by atoms with Crippen LogP contribution in [-0.4, -0.2) is 12.4 Å². The van der Waals surface area contributed by atoms with E-state index in [0.717, 1.165) is 30.4 Å². The first kappa shape index (κ1) is 26.0. The van der Waals surface area contributed by atoms with Gasteiger partial charge in [0.1, 0.15) is 0 Å². The Hall–Kier alpha value is -4.08. The van der Waals surface area contributed by atoms with Crippen molar-refractivity contribution in [3.05, 3.63) is 108 Å². The van der Waals surface area contributed by atoms with Crippen LogP contribution < -0.4 is 22.1 Å². The molecule has 0 radical (unpaired) electrons. The average Bonchev–Trinajstić information content (AvgIpc) is 2.82. The number of hydrogen-bond donors (Lipinski definition) is 4. The number of nitrogen functional groups attached to an aromatic ring is 1. The molecule has 0 aromatic heterocycles. The molecule has 194 valence electrons. The lowest BCUT2D eigenvalue weighted by molar-refractivity contribution is -0.314. The van der Waals surface area contributed by atoms with Gasteiger partial charge in [0.15, 0.2) is 5.41 Å². The van der Waals surface area contributed by atoms with Gasteiger partial charge in [-0.3, -0.25) is 0 Å². The third kappa shape index (κ3) is 4.96. The van der Waals surface area contributed by atoms with Gasteiger partial charge in [-0.05, 0) is 54.5 Å². The Morgan fingerprint density at radius 2 is 1.24 bits per heavy atom. The summed E-state index contributed by atoms with van der Waals surface area (Å²) >= 11 is 0. The van der Waals surface area contributed by atoms with E-state index in [1.54, 1.807) is 60.7 Å². The fourth-order valence-electron chi connectivity index (χ4n) is 4.55. The molecule has 0 fully saturated rings. The van der Waals surface area contributed by atoms with Gasteiger partial charge in [0.2, 0.25) is 0 Å². The zero-order valence-electron chi connectivity index (χ0n) is 19.4. The van der Waals surface area contributed by atoms with E-state index in [4.69, 9.17) is 11.5 Å². The molecular formula is C27H24F6N4. The fourth-order valence-corrected chi connectivity index (χ4v) is 4.55. The van der Waals surface area contributed by atoms with Crippen LogP contribution in [0.3, 0.4) is 0 Å². The second kappa shape index (κ2) is 9.76. The predicted molar refractivity (Wildman–Crippen MR) is 133 cm³/mol. The fraction of sp³-hybridized carbons (Fsp3) is 0.185. The molecule has 0 saturated heterocycles. The second-order valence-corrected chi connectivity index (χ2v) is 8.70. The Bertz CT molecular complexity index is 1280. The topological polar surface area (TPSA) is 76.1 Å². The number of para-hydroxylation sites is 2. The van der Waals surface area contributed by atoms with Crippen LogP contribution in [0.1, 0.15) is 12.0 Å². The van der Waals surface area contributed by atoms with Gasteiger partial charge in [-0.1, -0.05) is 48.5 Å². The van der Waals surface area contributed by atoms with Crippen molar-refractivity contribution in [3.8, 4) is 0 Å². The standard InChI is InChI=1S/C27H24F6N4/c28-26(29,30)25(27(31,32)33,17-11-13-23(21(34)15-17)36-19-7-3-1-4-8-19)18-12-14-24(22(35)16-18)37-20-9-5-2-6-10-20/h1-15,18,36-37H,16,34-35H2. The van der Waals surface area contributed by atoms with E-state index in [0.29, 0.717) is 11.4 Å². The van der Waals surface area contributed by atoms with Gasteiger partial charge in [0.05, 0.1) is 17.1 Å². The van der Waals surface area contributed by atoms with Crippen LogP contribution in [0, 0.1) is 5.92 Å². The highest BCUT2D eigenvalue weighted by molar-refractivity contribution is 5.73. The van der Waals surface area contributed by atoms with E-state index < -0.39 is 35.7 Å². The van der Waals surface area contributed by atoms with Crippen molar-refractivity contribution in [2.75, 3.05) is 16.4 Å². The van der Waals surface area contributed by atoms with E-state index in [9.17, 15) is 26.3 Å². The Morgan fingerprint density at radius 3 is 1.73 bits per heavy atom. The zero-order valence-corrected chi connectivity index (χ0v) is 19.4. The summed E-state index contributed by atoms with van der Waals surface area (Å²) in [4.78, 5) is 0. The molecule has 3 aromatic rings. The number of nitrogens with two attached hydrogens (primary N) is 2. The number of allylic oxidation sites excluding steroid dienone is 3. The number of anilines is 4. The summed E-state index contributed by atoms with van der Waals surface area (Å²) in [5.74, 6) is -2.05. The van der Waals surface area contributed by atoms with Gasteiger partial charge in [-0.25, -0.2) is 0 Å². The lowest BCUT2D eigenvalue weighted by Gasteiger charge is -2.43. The highest BCUT2D eigenvalue weighted by Crippen LogP contribution is 2.59. The molecular weight excluding hydrogens is 494 g/mol. The lowest BCUT2D eigenvalue weighted by atomic mass is 9.65. The Labute approximate surface area is 209 Å². The highest BCUT2D eigenvalue weighted by Gasteiger charge is 2.74. The molecule has 0 aliphatic heterocycles. The van der Waals surface area contributed by atoms with E-state index >= 15 is 0 Å². The van der Waals surface area contributed by atoms with Crippen molar-refractivity contribution in [1.29, 1.82) is 0 Å². The van der Waals surface area contributed by atoms with Crippen molar-refractivity contribution >= 4 is 22.7 Å². The number of halogens is 6. The maximum absolute atomic E-state index is 14.6. The Morgan fingerprint density at radius 1 is 0.703 bits per heavy atom. The van der Waals surface area contributed by atoms with Crippen LogP contribution in [0.4, 0.5) is 49.1 Å². The van der Waals surface area contributed by atoms with Crippen LogP contribution >= 0.6 is 0 Å². The molecule has 37 heavy (non-hydrogen) atoms. The first-order chi connectivity index (χ1) is 17.4. The van der Waals surface area contributed by atoms with Gasteiger partial charge in [0, 0.05) is 23.0 Å². The molecule has 4 nitrogen and oxygen atoms in total. The normalized spacial score (nSPS) is 16.5. The van der Waals surface area contributed by atoms with Gasteiger partial charge in [-0.15, -0.1) is 0 Å². The van der Waals surface area contributed by atoms with Gasteiger partial charge in [0.25, 0.3) is 0 Å². The third-order valence-corrected chi connectivity index (χ3v) is 6.34. The first-order valence-electron chi connectivity index (χ1n) is 11.3. The smallest absolute Gasteiger partial charge is 0.400 e. The zero-order chi connectivity index (χ0) is 26.8. The van der Waals surface area contributed by atoms with E-state index in [1.807, 2.05) is 0 Å². The van der Waals surface area contributed by atoms with Crippen LogP contribution in [0.15, 0.2) is 102 Å². The summed E-state index contributed by atoms with van der Waals surface area (Å²) in [5.41, 5.74) is 7.94. The molecule has 1 aliphatic carbocycles. The van der Waals surface area contributed by atoms with Gasteiger partial charge < -0.3 is 22.1 Å². The minimum absolute atomic E-state index is 0.121. The van der Waals surface area contributed by atoms with Gasteiger partial charge >= 0.3 is 12.4 Å². The molecule has 1 aliphatic rings. The van der Waals surface area contributed by atoms with E-state index in [1.165, 1.54) is 0 Å². The SMILES string of the molecule is NC1=C(Nc2ccccc2)C=CC(C(c2ccc(Nc3ccccc3)c(N)c2)(C(F)(F)F)C(F)(F)F)C1. The third-order valence-electron chi connectivity index (χ3n) is 6.34. The number of hydrogen-bond acceptors (Lipinski definition) is 4. The first-order valence-corrected chi connectivity index (χ1v) is 11.3. The molecule has 0 saturated carbocycles. The quantitative estimate of drug-likeness (QED) is 0.205. The summed E-state index contributed by atoms with van der Waals surface area (Å²) in [6.45, 7) is 0. The summed E-state index contributed by atoms with van der Waals surface area (Å²) < 4.78 is 87.7. The molecule has 0 heterocycles. The lowest BCUT2D eigenvalue weighted by Crippen LogP contribution is -2.59. The Kier molecular flexibility index (Phi) is 6.86. The van der Waals surface area contributed by atoms with E-state index in [-0.39, 0.29) is 22.8 Å². The van der Waals surface area contributed by atoms with Crippen molar-refractivity contribution in [1.82, 2.24) is 0 Å². The van der Waals surface area contributed by atoms with Crippen molar-refractivity contribution < 1.29 is 26.3 Å². The predicted octanol–water partition coefficient (Wildman–Crippen LogP) is 7.23. The number of benzene rings is 3. The van der Waals surface area contributed by atoms with Crippen molar-refractivity contribution in [3.63, 3.8) is 0 Å². The molecule has 1 unspecified atom stereocenters. The molecule has 0 bridgehead atoms. The molecule has 4 rings (SSSR count). The molecule has 0 spiro atoms. The maximum atomic E-state index is 14.6. The molecule has 10 heteroatoms.